The molecule has 0 saturated heterocycles. The molecule has 0 fully saturated rings. The van der Waals surface area contributed by atoms with Crippen molar-refractivity contribution in [2.24, 2.45) is 0 Å². The molecule has 23 rings (SSSR count). The van der Waals surface area contributed by atoms with Crippen molar-refractivity contribution >= 4 is 152 Å². The van der Waals surface area contributed by atoms with E-state index in [2.05, 4.69) is 306 Å². The zero-order valence-electron chi connectivity index (χ0n) is 55.3. The minimum absolute atomic E-state index is 0.658. The Morgan fingerprint density at radius 2 is 0.641 bits per heavy atom. The Bertz CT molecular complexity index is 7520. The third-order valence-electron chi connectivity index (χ3n) is 22.0. The van der Waals surface area contributed by atoms with Gasteiger partial charge in [-0.3, -0.25) is 0 Å². The minimum Gasteiger partial charge on any atom is -0.456 e. The fourth-order valence-corrected chi connectivity index (χ4v) is 17.8. The summed E-state index contributed by atoms with van der Waals surface area (Å²) in [6, 6.07) is 119. The van der Waals surface area contributed by atoms with Crippen LogP contribution in [0.4, 0.5) is 0 Å². The number of hydrogen-bond acceptors (Lipinski definition) is 5. The molecule has 0 saturated carbocycles. The fourth-order valence-electron chi connectivity index (χ4n) is 17.8. The standard InChI is InChI=1S/C96H54N6O/c1-3-26-59(27-4-1)101-79-44-18-14-37-71(79)88-86-65-33-10-8-31-63(65)62-30-7-9-32-64(62)84(86)68-50-48-57(53-75(68)93(88)101)95-97-77-42-17-13-36-70(77)91(99-95)56-25-21-24-55(52-56)61-40-22-41-74-83(61)66-34-11-12-35-67(66)85-69-51-49-58(96-98-78-43-23-47-82-90(78)92(100-96)73-39-16-20-46-81(73)103-82)54-76(69)94-89(87(74)85)72-38-15-19-45-80(72)102(94)60-28-5-2-6-29-60/h1-54H. The van der Waals surface area contributed by atoms with Crippen molar-refractivity contribution in [2.45, 2.75) is 0 Å². The molecular formula is C96H54N6O. The van der Waals surface area contributed by atoms with Gasteiger partial charge in [-0.2, -0.15) is 0 Å². The third-order valence-corrected chi connectivity index (χ3v) is 22.0. The summed E-state index contributed by atoms with van der Waals surface area (Å²) in [7, 11) is 0. The van der Waals surface area contributed by atoms with Gasteiger partial charge in [0.15, 0.2) is 11.6 Å². The number of nitrogens with zero attached hydrogens (tertiary/aromatic N) is 6. The predicted octanol–water partition coefficient (Wildman–Crippen LogP) is 25.4. The van der Waals surface area contributed by atoms with Crippen LogP contribution in [0.25, 0.3) is 219 Å². The molecule has 0 unspecified atom stereocenters. The SMILES string of the molecule is c1ccc(-n2c3ccccc3c3c4c5ccccc5c5ccccc5c4c4ccc(-c5nc(-c6cccc(-c7cccc8c7c7ccccc7c7c9ccc(-c%10nc%11c%12c(cccc%12n%10)Oc%10ccccc%10-%11)cc9c9c(c%10ccccc%10n9-c9ccccc9)c87)c6)c6ccccc6n5)cc4c32)cc1. The molecule has 0 amide bonds. The summed E-state index contributed by atoms with van der Waals surface area (Å²) in [6.45, 7) is 0. The number of hydrogen-bond donors (Lipinski definition) is 0. The maximum absolute atomic E-state index is 6.45. The second-order valence-corrected chi connectivity index (χ2v) is 27.3. The lowest BCUT2D eigenvalue weighted by molar-refractivity contribution is 0.486. The van der Waals surface area contributed by atoms with Gasteiger partial charge < -0.3 is 13.9 Å². The van der Waals surface area contributed by atoms with Crippen LogP contribution in [0.3, 0.4) is 0 Å². The minimum atomic E-state index is 0.658. The Balaban J connectivity index is 0.754. The average molecular weight is 1310 g/mol. The highest BCUT2D eigenvalue weighted by atomic mass is 16.5. The molecule has 0 spiro atoms. The van der Waals surface area contributed by atoms with Crippen molar-refractivity contribution in [3.63, 3.8) is 0 Å². The number of aromatic nitrogens is 6. The van der Waals surface area contributed by atoms with Crippen molar-refractivity contribution in [1.29, 1.82) is 0 Å². The number of rotatable bonds is 6. The Hall–Kier alpha value is -13.9. The van der Waals surface area contributed by atoms with E-state index in [9.17, 15) is 0 Å². The van der Waals surface area contributed by atoms with Gasteiger partial charge in [0.05, 0.1) is 49.9 Å². The Morgan fingerprint density at radius 1 is 0.214 bits per heavy atom. The van der Waals surface area contributed by atoms with Crippen molar-refractivity contribution in [1.82, 2.24) is 29.1 Å². The molecule has 103 heavy (non-hydrogen) atoms. The Kier molecular flexibility index (Phi) is 11.6. The normalized spacial score (nSPS) is 12.3. The number of ether oxygens (including phenoxy) is 1. The largest absolute Gasteiger partial charge is 0.456 e. The van der Waals surface area contributed by atoms with Crippen LogP contribution < -0.4 is 4.74 Å². The first kappa shape index (κ1) is 56.0. The van der Waals surface area contributed by atoms with Crippen molar-refractivity contribution in [2.75, 3.05) is 0 Å². The Morgan fingerprint density at radius 3 is 1.28 bits per heavy atom. The second kappa shape index (κ2) is 21.3. The van der Waals surface area contributed by atoms with Crippen LogP contribution in [0.5, 0.6) is 11.5 Å². The van der Waals surface area contributed by atoms with Crippen molar-refractivity contribution in [3.8, 4) is 79.3 Å². The van der Waals surface area contributed by atoms with E-state index in [4.69, 9.17) is 24.7 Å². The fraction of sp³-hybridized carbons (Fsp3) is 0. The number of benzene rings is 18. The Labute approximate surface area is 588 Å². The summed E-state index contributed by atoms with van der Waals surface area (Å²) in [5, 5.41) is 25.9. The molecule has 22 aromatic rings. The van der Waals surface area contributed by atoms with Crippen molar-refractivity contribution in [3.05, 3.63) is 328 Å². The van der Waals surface area contributed by atoms with Crippen molar-refractivity contribution < 1.29 is 4.74 Å². The molecule has 4 aromatic heterocycles. The lowest BCUT2D eigenvalue weighted by Gasteiger charge is -2.21. The van der Waals surface area contributed by atoms with E-state index in [-0.39, 0.29) is 0 Å². The molecule has 1 aliphatic rings. The summed E-state index contributed by atoms with van der Waals surface area (Å²) in [5.41, 5.74) is 16.3. The van der Waals surface area contributed by atoms with Gasteiger partial charge in [0, 0.05) is 82.1 Å². The summed E-state index contributed by atoms with van der Waals surface area (Å²) < 4.78 is 11.4. The molecule has 5 heterocycles. The maximum atomic E-state index is 6.45. The van der Waals surface area contributed by atoms with E-state index in [0.717, 1.165) is 128 Å². The van der Waals surface area contributed by atoms with Gasteiger partial charge in [-0.05, 0) is 161 Å². The zero-order valence-corrected chi connectivity index (χ0v) is 55.3. The van der Waals surface area contributed by atoms with Gasteiger partial charge in [0.1, 0.15) is 11.5 Å². The van der Waals surface area contributed by atoms with Gasteiger partial charge in [0.25, 0.3) is 0 Å². The van der Waals surface area contributed by atoms with Crippen LogP contribution in [0.1, 0.15) is 0 Å². The number of fused-ring (bicyclic) bond motifs is 29. The highest BCUT2D eigenvalue weighted by Crippen LogP contribution is 2.53. The summed E-state index contributed by atoms with van der Waals surface area (Å²) in [5.74, 6) is 2.87. The first-order chi connectivity index (χ1) is 51.1. The smallest absolute Gasteiger partial charge is 0.160 e. The quantitative estimate of drug-likeness (QED) is 0.155. The van der Waals surface area contributed by atoms with E-state index in [0.29, 0.717) is 11.6 Å². The van der Waals surface area contributed by atoms with Crippen LogP contribution in [0.2, 0.25) is 0 Å². The molecular weight excluding hydrogens is 1250 g/mol. The molecule has 0 N–H and O–H groups in total. The lowest BCUT2D eigenvalue weighted by atomic mass is 9.85. The molecule has 0 bridgehead atoms. The van der Waals surface area contributed by atoms with Crippen LogP contribution in [0, 0.1) is 0 Å². The average Bonchev–Trinajstić information content (AvgIpc) is 1.51. The van der Waals surface area contributed by atoms with Crippen LogP contribution in [-0.2, 0) is 0 Å². The molecule has 474 valence electrons. The summed E-state index contributed by atoms with van der Waals surface area (Å²) >= 11 is 0. The summed E-state index contributed by atoms with van der Waals surface area (Å²) in [4.78, 5) is 22.0. The van der Waals surface area contributed by atoms with Gasteiger partial charge >= 0.3 is 0 Å². The molecule has 0 atom stereocenters. The van der Waals surface area contributed by atoms with Crippen LogP contribution in [-0.4, -0.2) is 29.1 Å². The molecule has 0 radical (unpaired) electrons. The molecule has 1 aliphatic heterocycles. The molecule has 18 aromatic carbocycles. The number of para-hydroxylation sites is 6. The van der Waals surface area contributed by atoms with Gasteiger partial charge in [0.2, 0.25) is 0 Å². The van der Waals surface area contributed by atoms with E-state index < -0.39 is 0 Å². The van der Waals surface area contributed by atoms with E-state index in [1.165, 1.54) is 91.6 Å². The van der Waals surface area contributed by atoms with Gasteiger partial charge in [-0.1, -0.05) is 243 Å². The molecule has 7 nitrogen and oxygen atoms in total. The zero-order chi connectivity index (χ0) is 67.1. The first-order valence-electron chi connectivity index (χ1n) is 35.2. The second-order valence-electron chi connectivity index (χ2n) is 27.3. The van der Waals surface area contributed by atoms with Gasteiger partial charge in [-0.25, -0.2) is 19.9 Å². The monoisotopic (exact) mass is 1310 g/mol. The predicted molar refractivity (Wildman–Crippen MR) is 429 cm³/mol. The van der Waals surface area contributed by atoms with E-state index in [1.54, 1.807) is 0 Å². The maximum Gasteiger partial charge on any atom is 0.160 e. The topological polar surface area (TPSA) is 70.7 Å². The van der Waals surface area contributed by atoms with E-state index in [1.807, 2.05) is 30.3 Å². The van der Waals surface area contributed by atoms with Crippen LogP contribution >= 0.6 is 0 Å². The van der Waals surface area contributed by atoms with Crippen LogP contribution in [0.15, 0.2) is 328 Å². The summed E-state index contributed by atoms with van der Waals surface area (Å²) in [6.07, 6.45) is 0. The highest BCUT2D eigenvalue weighted by molar-refractivity contribution is 6.45. The first-order valence-corrected chi connectivity index (χ1v) is 35.2. The van der Waals surface area contributed by atoms with E-state index >= 15 is 0 Å². The highest BCUT2D eigenvalue weighted by Gasteiger charge is 2.29. The lowest BCUT2D eigenvalue weighted by Crippen LogP contribution is -2.02. The molecule has 0 aliphatic carbocycles. The molecule has 7 heteroatoms. The third kappa shape index (κ3) is 7.93. The van der Waals surface area contributed by atoms with Gasteiger partial charge in [-0.15, -0.1) is 0 Å².